The SMILES string of the molecule is O=S(=O)(c1ccc(Cl)s1)N1CCN(c2cc(-c3ccc(F)cc3)ncn2)CC1. The summed E-state index contributed by atoms with van der Waals surface area (Å²) in [6, 6.07) is 11.1. The van der Waals surface area contributed by atoms with Crippen LogP contribution in [0.15, 0.2) is 53.0 Å². The Hall–Kier alpha value is -2.07. The van der Waals surface area contributed by atoms with Crippen molar-refractivity contribution in [1.29, 1.82) is 0 Å². The van der Waals surface area contributed by atoms with Crippen LogP contribution < -0.4 is 4.90 Å². The van der Waals surface area contributed by atoms with Crippen molar-refractivity contribution in [2.24, 2.45) is 0 Å². The fourth-order valence-electron chi connectivity index (χ4n) is 3.02. The lowest BCUT2D eigenvalue weighted by Gasteiger charge is -2.34. The third kappa shape index (κ3) is 3.88. The van der Waals surface area contributed by atoms with Gasteiger partial charge in [-0.2, -0.15) is 4.31 Å². The molecular formula is C18H16ClFN4O2S2. The molecule has 0 bridgehead atoms. The summed E-state index contributed by atoms with van der Waals surface area (Å²) in [7, 11) is -3.53. The maximum atomic E-state index is 13.1. The van der Waals surface area contributed by atoms with Gasteiger partial charge in [-0.15, -0.1) is 11.3 Å². The molecule has 0 radical (unpaired) electrons. The Bertz CT molecular complexity index is 1080. The molecule has 4 rings (SSSR count). The molecule has 0 aliphatic carbocycles. The molecule has 0 amide bonds. The zero-order valence-corrected chi connectivity index (χ0v) is 17.0. The van der Waals surface area contributed by atoms with E-state index in [-0.39, 0.29) is 10.0 Å². The Morgan fingerprint density at radius 2 is 1.71 bits per heavy atom. The number of halogens is 2. The third-order valence-corrected chi connectivity index (χ3v) is 8.10. The van der Waals surface area contributed by atoms with Crippen molar-refractivity contribution >= 4 is 38.8 Å². The summed E-state index contributed by atoms with van der Waals surface area (Å²) in [5, 5.41) is 0. The largest absolute Gasteiger partial charge is 0.354 e. The van der Waals surface area contributed by atoms with Gasteiger partial charge in [0.1, 0.15) is 22.2 Å². The first-order chi connectivity index (χ1) is 13.4. The highest BCUT2D eigenvalue weighted by Crippen LogP contribution is 2.29. The summed E-state index contributed by atoms with van der Waals surface area (Å²) in [5.74, 6) is 0.410. The second-order valence-electron chi connectivity index (χ2n) is 6.22. The van der Waals surface area contributed by atoms with Crippen molar-refractivity contribution in [2.75, 3.05) is 31.1 Å². The van der Waals surface area contributed by atoms with E-state index < -0.39 is 10.0 Å². The fraction of sp³-hybridized carbons (Fsp3) is 0.222. The number of hydrogen-bond donors (Lipinski definition) is 0. The number of benzene rings is 1. The highest BCUT2D eigenvalue weighted by Gasteiger charge is 2.30. The highest BCUT2D eigenvalue weighted by atomic mass is 35.5. The second-order valence-corrected chi connectivity index (χ2v) is 10.1. The minimum atomic E-state index is -3.53. The van der Waals surface area contributed by atoms with Crippen LogP contribution in [0, 0.1) is 5.82 Å². The number of rotatable bonds is 4. The molecule has 0 N–H and O–H groups in total. The highest BCUT2D eigenvalue weighted by molar-refractivity contribution is 7.91. The van der Waals surface area contributed by atoms with Gasteiger partial charge < -0.3 is 4.90 Å². The molecule has 146 valence electrons. The summed E-state index contributed by atoms with van der Waals surface area (Å²) in [5.41, 5.74) is 1.48. The van der Waals surface area contributed by atoms with Crippen LogP contribution in [0.2, 0.25) is 4.34 Å². The van der Waals surface area contributed by atoms with E-state index in [1.165, 1.54) is 28.8 Å². The Balaban J connectivity index is 1.48. The summed E-state index contributed by atoms with van der Waals surface area (Å²) in [6.07, 6.45) is 1.46. The van der Waals surface area contributed by atoms with Crippen LogP contribution in [0.3, 0.4) is 0 Å². The van der Waals surface area contributed by atoms with Crippen LogP contribution in [-0.2, 0) is 10.0 Å². The quantitative estimate of drug-likeness (QED) is 0.623. The average Bonchev–Trinajstić information content (AvgIpc) is 3.16. The third-order valence-electron chi connectivity index (χ3n) is 4.50. The Morgan fingerprint density at radius 3 is 2.36 bits per heavy atom. The van der Waals surface area contributed by atoms with Crippen LogP contribution in [0.5, 0.6) is 0 Å². The molecular weight excluding hydrogens is 423 g/mol. The van der Waals surface area contributed by atoms with Crippen molar-refractivity contribution in [3.63, 3.8) is 0 Å². The molecule has 3 heterocycles. The van der Waals surface area contributed by atoms with Crippen LogP contribution in [-0.4, -0.2) is 48.9 Å². The molecule has 6 nitrogen and oxygen atoms in total. The minimum Gasteiger partial charge on any atom is -0.354 e. The summed E-state index contributed by atoms with van der Waals surface area (Å²) < 4.78 is 40.7. The minimum absolute atomic E-state index is 0.256. The van der Waals surface area contributed by atoms with E-state index in [4.69, 9.17) is 11.6 Å². The zero-order chi connectivity index (χ0) is 19.7. The Labute approximate surface area is 171 Å². The first-order valence-corrected chi connectivity index (χ1v) is 11.2. The molecule has 1 aromatic carbocycles. The number of anilines is 1. The van der Waals surface area contributed by atoms with Crippen molar-refractivity contribution in [2.45, 2.75) is 4.21 Å². The lowest BCUT2D eigenvalue weighted by atomic mass is 10.1. The van der Waals surface area contributed by atoms with E-state index in [9.17, 15) is 12.8 Å². The van der Waals surface area contributed by atoms with Gasteiger partial charge in [-0.1, -0.05) is 11.6 Å². The molecule has 0 unspecified atom stereocenters. The van der Waals surface area contributed by atoms with E-state index in [1.807, 2.05) is 11.0 Å². The number of hydrogen-bond acceptors (Lipinski definition) is 6. The maximum Gasteiger partial charge on any atom is 0.252 e. The first-order valence-electron chi connectivity index (χ1n) is 8.52. The topological polar surface area (TPSA) is 66.4 Å². The van der Waals surface area contributed by atoms with Crippen molar-refractivity contribution in [1.82, 2.24) is 14.3 Å². The molecule has 1 aliphatic rings. The smallest absolute Gasteiger partial charge is 0.252 e. The first kappa shape index (κ1) is 19.3. The predicted molar refractivity (Wildman–Crippen MR) is 108 cm³/mol. The molecule has 3 aromatic rings. The lowest BCUT2D eigenvalue weighted by molar-refractivity contribution is 0.385. The van der Waals surface area contributed by atoms with Crippen molar-refractivity contribution < 1.29 is 12.8 Å². The van der Waals surface area contributed by atoms with E-state index in [2.05, 4.69) is 9.97 Å². The number of aromatic nitrogens is 2. The molecule has 0 saturated carbocycles. The van der Waals surface area contributed by atoms with Crippen molar-refractivity contribution in [3.05, 3.63) is 58.9 Å². The van der Waals surface area contributed by atoms with E-state index >= 15 is 0 Å². The molecule has 1 fully saturated rings. The molecule has 1 aliphatic heterocycles. The average molecular weight is 439 g/mol. The van der Waals surface area contributed by atoms with Crippen molar-refractivity contribution in [3.8, 4) is 11.3 Å². The molecule has 28 heavy (non-hydrogen) atoms. The summed E-state index contributed by atoms with van der Waals surface area (Å²) in [6.45, 7) is 1.73. The van der Waals surface area contributed by atoms with Gasteiger partial charge >= 0.3 is 0 Å². The van der Waals surface area contributed by atoms with Crippen LogP contribution in [0.1, 0.15) is 0 Å². The van der Waals surface area contributed by atoms with Gasteiger partial charge in [-0.25, -0.2) is 22.8 Å². The van der Waals surface area contributed by atoms with Gasteiger partial charge in [0.05, 0.1) is 10.0 Å². The standard InChI is InChI=1S/C18H16ClFN4O2S2/c19-16-5-6-18(27-16)28(25,26)24-9-7-23(8-10-24)17-11-15(21-12-22-17)13-1-3-14(20)4-2-13/h1-6,11-12H,7-10H2. The molecule has 1 saturated heterocycles. The van der Waals surface area contributed by atoms with Crippen LogP contribution >= 0.6 is 22.9 Å². The van der Waals surface area contributed by atoms with Gasteiger partial charge in [0.25, 0.3) is 10.0 Å². The lowest BCUT2D eigenvalue weighted by Crippen LogP contribution is -2.48. The van der Waals surface area contributed by atoms with Gasteiger partial charge in [-0.3, -0.25) is 0 Å². The molecule has 0 spiro atoms. The Kier molecular flexibility index (Phi) is 5.33. The molecule has 10 heteroatoms. The molecule has 2 aromatic heterocycles. The number of piperazine rings is 1. The number of thiophene rings is 1. The van der Waals surface area contributed by atoms with E-state index in [0.717, 1.165) is 16.9 Å². The zero-order valence-electron chi connectivity index (χ0n) is 14.6. The summed E-state index contributed by atoms with van der Waals surface area (Å²) in [4.78, 5) is 10.6. The van der Waals surface area contributed by atoms with Gasteiger partial charge in [0.2, 0.25) is 0 Å². The Morgan fingerprint density at radius 1 is 1.00 bits per heavy atom. The van der Waals surface area contributed by atoms with Gasteiger partial charge in [0.15, 0.2) is 0 Å². The predicted octanol–water partition coefficient (Wildman–Crippen LogP) is 3.51. The van der Waals surface area contributed by atoms with Crippen LogP contribution in [0.4, 0.5) is 10.2 Å². The molecule has 0 atom stereocenters. The summed E-state index contributed by atoms with van der Waals surface area (Å²) >= 11 is 6.94. The van der Waals surface area contributed by atoms with E-state index in [0.29, 0.717) is 42.0 Å². The number of sulfonamides is 1. The second kappa shape index (κ2) is 7.75. The van der Waals surface area contributed by atoms with Crippen LogP contribution in [0.25, 0.3) is 11.3 Å². The normalized spacial score (nSPS) is 15.7. The van der Waals surface area contributed by atoms with Gasteiger partial charge in [0, 0.05) is 37.8 Å². The maximum absolute atomic E-state index is 13.1. The fourth-order valence-corrected chi connectivity index (χ4v) is 6.08. The monoisotopic (exact) mass is 438 g/mol. The number of nitrogens with zero attached hydrogens (tertiary/aromatic N) is 4. The van der Waals surface area contributed by atoms with E-state index in [1.54, 1.807) is 18.2 Å². The van der Waals surface area contributed by atoms with Gasteiger partial charge in [-0.05, 0) is 36.4 Å².